The van der Waals surface area contributed by atoms with Gasteiger partial charge in [0, 0.05) is 19.2 Å². The number of unbranched alkanes of at least 4 members (excludes halogenated alkanes) is 1. The molecule has 0 aliphatic heterocycles. The number of hydrogen-bond acceptors (Lipinski definition) is 4. The molecule has 1 amide bonds. The fraction of sp³-hybridized carbons (Fsp3) is 0.444. The number of aliphatic hydroxyl groups is 1. The third-order valence-corrected chi connectivity index (χ3v) is 1.89. The Balaban J connectivity index is 2.37. The average Bonchev–Trinajstić information content (AvgIpc) is 2.18. The number of carbonyl (C=O) groups excluding carboxylic acids is 1. The lowest BCUT2D eigenvalue weighted by molar-refractivity contribution is -0.116. The van der Waals surface area contributed by atoms with Gasteiger partial charge in [-0.05, 0) is 30.5 Å². The summed E-state index contributed by atoms with van der Waals surface area (Å²) in [7, 11) is 0. The summed E-state index contributed by atoms with van der Waals surface area (Å²) in [6, 6.07) is 1.57. The first-order valence-corrected chi connectivity index (χ1v) is 4.99. The van der Waals surface area contributed by atoms with Crippen LogP contribution in [-0.4, -0.2) is 27.6 Å². The zero-order valence-corrected chi connectivity index (χ0v) is 8.87. The molecule has 0 spiro atoms. The fourth-order valence-electron chi connectivity index (χ4n) is 1.01. The van der Waals surface area contributed by atoms with E-state index >= 15 is 0 Å². The number of rotatable bonds is 5. The Morgan fingerprint density at radius 1 is 1.53 bits per heavy atom. The van der Waals surface area contributed by atoms with E-state index in [1.54, 1.807) is 6.07 Å². The van der Waals surface area contributed by atoms with Gasteiger partial charge in [-0.3, -0.25) is 4.79 Å². The molecule has 0 fully saturated rings. The van der Waals surface area contributed by atoms with Gasteiger partial charge < -0.3 is 10.4 Å². The number of carbonyl (C=O) groups is 1. The maximum atomic E-state index is 11.3. The zero-order chi connectivity index (χ0) is 11.1. The molecule has 0 atom stereocenters. The highest BCUT2D eigenvalue weighted by Crippen LogP contribution is 2.06. The van der Waals surface area contributed by atoms with Crippen LogP contribution in [0.1, 0.15) is 19.3 Å². The van der Waals surface area contributed by atoms with Gasteiger partial charge in [-0.15, -0.1) is 0 Å². The molecule has 82 valence electrons. The van der Waals surface area contributed by atoms with Crippen LogP contribution in [0.25, 0.3) is 0 Å². The van der Waals surface area contributed by atoms with Crippen molar-refractivity contribution in [3.63, 3.8) is 0 Å². The van der Waals surface area contributed by atoms with Crippen LogP contribution in [-0.2, 0) is 4.79 Å². The highest BCUT2D eigenvalue weighted by molar-refractivity contribution is 6.28. The standard InChI is InChI=1S/C9H12ClN3O2/c10-9-11-5-4-7(13-9)12-8(15)3-1-2-6-14/h4-5,14H,1-3,6H2,(H,11,12,13,15). The summed E-state index contributed by atoms with van der Waals surface area (Å²) in [5, 5.41) is 11.2. The predicted octanol–water partition coefficient (Wildman–Crippen LogP) is 1.23. The first-order valence-electron chi connectivity index (χ1n) is 4.61. The van der Waals surface area contributed by atoms with Crippen molar-refractivity contribution in [3.8, 4) is 0 Å². The third-order valence-electron chi connectivity index (χ3n) is 1.71. The van der Waals surface area contributed by atoms with Crippen molar-refractivity contribution < 1.29 is 9.90 Å². The Morgan fingerprint density at radius 3 is 3.00 bits per heavy atom. The summed E-state index contributed by atoms with van der Waals surface area (Å²) in [4.78, 5) is 18.8. The van der Waals surface area contributed by atoms with E-state index in [0.717, 1.165) is 0 Å². The van der Waals surface area contributed by atoms with Crippen LogP contribution >= 0.6 is 11.6 Å². The average molecular weight is 230 g/mol. The Morgan fingerprint density at radius 2 is 2.33 bits per heavy atom. The molecule has 6 heteroatoms. The summed E-state index contributed by atoms with van der Waals surface area (Å²) in [5.41, 5.74) is 0. The molecule has 1 heterocycles. The first-order chi connectivity index (χ1) is 7.22. The molecule has 0 aliphatic carbocycles. The number of halogens is 1. The number of aliphatic hydroxyl groups excluding tert-OH is 1. The Labute approximate surface area is 92.5 Å². The molecular formula is C9H12ClN3O2. The summed E-state index contributed by atoms with van der Waals surface area (Å²) >= 11 is 5.55. The SMILES string of the molecule is O=C(CCCCO)Nc1ccnc(Cl)n1. The van der Waals surface area contributed by atoms with Crippen LogP contribution in [0.4, 0.5) is 5.82 Å². The van der Waals surface area contributed by atoms with E-state index in [1.165, 1.54) is 6.20 Å². The second kappa shape index (κ2) is 6.31. The topological polar surface area (TPSA) is 75.1 Å². The van der Waals surface area contributed by atoms with E-state index < -0.39 is 0 Å². The Bertz CT molecular complexity index is 333. The quantitative estimate of drug-likeness (QED) is 0.588. The van der Waals surface area contributed by atoms with Gasteiger partial charge in [-0.2, -0.15) is 0 Å². The molecule has 0 aromatic carbocycles. The number of aromatic nitrogens is 2. The second-order valence-electron chi connectivity index (χ2n) is 2.94. The van der Waals surface area contributed by atoms with Gasteiger partial charge in [0.15, 0.2) is 0 Å². The molecular weight excluding hydrogens is 218 g/mol. The number of hydrogen-bond donors (Lipinski definition) is 2. The van der Waals surface area contributed by atoms with E-state index in [9.17, 15) is 4.79 Å². The minimum Gasteiger partial charge on any atom is -0.396 e. The van der Waals surface area contributed by atoms with Crippen LogP contribution in [0.5, 0.6) is 0 Å². The Kier molecular flexibility index (Phi) is 5.00. The molecule has 0 saturated carbocycles. The van der Waals surface area contributed by atoms with E-state index in [0.29, 0.717) is 25.1 Å². The maximum absolute atomic E-state index is 11.3. The van der Waals surface area contributed by atoms with E-state index in [-0.39, 0.29) is 17.8 Å². The molecule has 0 radical (unpaired) electrons. The molecule has 0 bridgehead atoms. The predicted molar refractivity (Wildman–Crippen MR) is 56.6 cm³/mol. The molecule has 15 heavy (non-hydrogen) atoms. The molecule has 1 aromatic rings. The van der Waals surface area contributed by atoms with Gasteiger partial charge in [0.25, 0.3) is 0 Å². The summed E-state index contributed by atoms with van der Waals surface area (Å²) < 4.78 is 0. The Hall–Kier alpha value is -1.20. The van der Waals surface area contributed by atoms with Crippen LogP contribution in [0.15, 0.2) is 12.3 Å². The van der Waals surface area contributed by atoms with Crippen LogP contribution in [0.2, 0.25) is 5.28 Å². The number of amides is 1. The molecule has 0 saturated heterocycles. The molecule has 0 unspecified atom stereocenters. The first kappa shape index (κ1) is 11.9. The van der Waals surface area contributed by atoms with Gasteiger partial charge in [0.2, 0.25) is 11.2 Å². The third kappa shape index (κ3) is 4.71. The smallest absolute Gasteiger partial charge is 0.225 e. The minimum atomic E-state index is -0.141. The highest BCUT2D eigenvalue weighted by Gasteiger charge is 2.03. The lowest BCUT2D eigenvalue weighted by Crippen LogP contribution is -2.12. The van der Waals surface area contributed by atoms with Crippen molar-refractivity contribution in [1.82, 2.24) is 9.97 Å². The molecule has 2 N–H and O–H groups in total. The van der Waals surface area contributed by atoms with Crippen molar-refractivity contribution in [3.05, 3.63) is 17.5 Å². The normalized spacial score (nSPS) is 10.0. The lowest BCUT2D eigenvalue weighted by Gasteiger charge is -2.03. The van der Waals surface area contributed by atoms with Gasteiger partial charge in [-0.1, -0.05) is 0 Å². The van der Waals surface area contributed by atoms with E-state index in [2.05, 4.69) is 15.3 Å². The second-order valence-corrected chi connectivity index (χ2v) is 3.28. The van der Waals surface area contributed by atoms with E-state index in [4.69, 9.17) is 16.7 Å². The van der Waals surface area contributed by atoms with Crippen molar-refractivity contribution >= 4 is 23.3 Å². The van der Waals surface area contributed by atoms with Crippen molar-refractivity contribution in [2.24, 2.45) is 0 Å². The number of nitrogens with one attached hydrogen (secondary N) is 1. The minimum absolute atomic E-state index is 0.100. The van der Waals surface area contributed by atoms with Crippen molar-refractivity contribution in [2.75, 3.05) is 11.9 Å². The van der Waals surface area contributed by atoms with Gasteiger partial charge in [0.05, 0.1) is 0 Å². The highest BCUT2D eigenvalue weighted by atomic mass is 35.5. The fourth-order valence-corrected chi connectivity index (χ4v) is 1.15. The zero-order valence-electron chi connectivity index (χ0n) is 8.11. The van der Waals surface area contributed by atoms with Crippen LogP contribution < -0.4 is 5.32 Å². The van der Waals surface area contributed by atoms with Gasteiger partial charge in [0.1, 0.15) is 5.82 Å². The largest absolute Gasteiger partial charge is 0.396 e. The van der Waals surface area contributed by atoms with E-state index in [1.807, 2.05) is 0 Å². The molecule has 1 aromatic heterocycles. The van der Waals surface area contributed by atoms with Crippen LogP contribution in [0, 0.1) is 0 Å². The monoisotopic (exact) mass is 229 g/mol. The van der Waals surface area contributed by atoms with Gasteiger partial charge in [-0.25, -0.2) is 9.97 Å². The molecule has 1 rings (SSSR count). The summed E-state index contributed by atoms with van der Waals surface area (Å²) in [6.45, 7) is 0.104. The van der Waals surface area contributed by atoms with Crippen molar-refractivity contribution in [1.29, 1.82) is 0 Å². The van der Waals surface area contributed by atoms with Gasteiger partial charge >= 0.3 is 0 Å². The van der Waals surface area contributed by atoms with Crippen molar-refractivity contribution in [2.45, 2.75) is 19.3 Å². The number of nitrogens with zero attached hydrogens (tertiary/aromatic N) is 2. The number of anilines is 1. The van der Waals surface area contributed by atoms with Crippen LogP contribution in [0.3, 0.4) is 0 Å². The maximum Gasteiger partial charge on any atom is 0.225 e. The summed E-state index contributed by atoms with van der Waals surface area (Å²) in [5.74, 6) is 0.252. The molecule has 5 nitrogen and oxygen atoms in total. The molecule has 0 aliphatic rings. The lowest BCUT2D eigenvalue weighted by atomic mass is 10.2. The summed E-state index contributed by atoms with van der Waals surface area (Å²) in [6.07, 6.45) is 3.11.